The Morgan fingerprint density at radius 2 is 1.95 bits per heavy atom. The number of anilines is 1. The zero-order valence-electron chi connectivity index (χ0n) is 11.3. The highest BCUT2D eigenvalue weighted by Gasteiger charge is 2.16. The second-order valence-electron chi connectivity index (χ2n) is 4.10. The molecule has 0 spiro atoms. The van der Waals surface area contributed by atoms with E-state index in [4.69, 9.17) is 11.6 Å². The molecule has 0 heterocycles. The van der Waals surface area contributed by atoms with Crippen LogP contribution in [0.3, 0.4) is 0 Å². The Hall–Kier alpha value is -2.08. The van der Waals surface area contributed by atoms with Gasteiger partial charge in [-0.05, 0) is 25.1 Å². The summed E-state index contributed by atoms with van der Waals surface area (Å²) in [6, 6.07) is 3.75. The molecule has 1 unspecified atom stereocenters. The fourth-order valence-corrected chi connectivity index (χ4v) is 1.69. The van der Waals surface area contributed by atoms with E-state index in [-0.39, 0.29) is 16.5 Å². The molecule has 1 rings (SSSR count). The smallest absolute Gasteiger partial charge is 0.339 e. The van der Waals surface area contributed by atoms with Crippen LogP contribution < -0.4 is 10.6 Å². The standard InChI is InChI=1S/C13H15ClN2O4/c1-7(15-8(2)17)12(18)16-9-4-5-11(14)10(6-9)13(19)20-3/h4-7H,1-3H3,(H,15,17)(H,16,18). The second kappa shape index (κ2) is 6.91. The predicted octanol–water partition coefficient (Wildman–Crippen LogP) is 1.59. The molecule has 20 heavy (non-hydrogen) atoms. The van der Waals surface area contributed by atoms with E-state index in [1.54, 1.807) is 13.0 Å². The van der Waals surface area contributed by atoms with Gasteiger partial charge in [-0.3, -0.25) is 9.59 Å². The van der Waals surface area contributed by atoms with Crippen LogP contribution in [0.25, 0.3) is 0 Å². The van der Waals surface area contributed by atoms with Gasteiger partial charge in [0.05, 0.1) is 17.7 Å². The van der Waals surface area contributed by atoms with Crippen LogP contribution in [-0.2, 0) is 14.3 Å². The van der Waals surface area contributed by atoms with Crippen LogP contribution in [-0.4, -0.2) is 30.9 Å². The molecule has 0 saturated carbocycles. The molecule has 1 aromatic rings. The third kappa shape index (κ3) is 4.24. The lowest BCUT2D eigenvalue weighted by molar-refractivity contribution is -0.124. The van der Waals surface area contributed by atoms with Gasteiger partial charge in [-0.1, -0.05) is 11.6 Å². The number of carbonyl (C=O) groups is 3. The lowest BCUT2D eigenvalue weighted by atomic mass is 10.2. The van der Waals surface area contributed by atoms with Crippen molar-refractivity contribution in [2.24, 2.45) is 0 Å². The van der Waals surface area contributed by atoms with Gasteiger partial charge < -0.3 is 15.4 Å². The molecule has 0 radical (unpaired) electrons. The summed E-state index contributed by atoms with van der Waals surface area (Å²) in [5.41, 5.74) is 0.538. The molecule has 6 nitrogen and oxygen atoms in total. The number of hydrogen-bond donors (Lipinski definition) is 2. The van der Waals surface area contributed by atoms with E-state index in [0.717, 1.165) is 0 Å². The van der Waals surface area contributed by atoms with Gasteiger partial charge in [0.1, 0.15) is 6.04 Å². The summed E-state index contributed by atoms with van der Waals surface area (Å²) in [5, 5.41) is 5.25. The second-order valence-corrected chi connectivity index (χ2v) is 4.50. The topological polar surface area (TPSA) is 84.5 Å². The Kier molecular flexibility index (Phi) is 5.52. The highest BCUT2D eigenvalue weighted by molar-refractivity contribution is 6.33. The van der Waals surface area contributed by atoms with Gasteiger partial charge >= 0.3 is 5.97 Å². The van der Waals surface area contributed by atoms with Crippen molar-refractivity contribution in [2.45, 2.75) is 19.9 Å². The molecule has 0 aliphatic heterocycles. The number of esters is 1. The quantitative estimate of drug-likeness (QED) is 0.827. The Bertz CT molecular complexity index is 545. The Labute approximate surface area is 121 Å². The monoisotopic (exact) mass is 298 g/mol. The van der Waals surface area contributed by atoms with Gasteiger partial charge in [0.2, 0.25) is 11.8 Å². The van der Waals surface area contributed by atoms with E-state index >= 15 is 0 Å². The molecule has 0 fully saturated rings. The van der Waals surface area contributed by atoms with Crippen molar-refractivity contribution in [2.75, 3.05) is 12.4 Å². The number of amides is 2. The van der Waals surface area contributed by atoms with Crippen molar-refractivity contribution in [1.82, 2.24) is 5.32 Å². The summed E-state index contributed by atoms with van der Waals surface area (Å²) in [4.78, 5) is 34.2. The maximum atomic E-state index is 11.8. The Balaban J connectivity index is 2.85. The molecule has 1 aromatic carbocycles. The summed E-state index contributed by atoms with van der Waals surface area (Å²) in [6.45, 7) is 2.87. The van der Waals surface area contributed by atoms with E-state index in [0.29, 0.717) is 5.69 Å². The number of hydrogen-bond acceptors (Lipinski definition) is 4. The van der Waals surface area contributed by atoms with Gasteiger partial charge in [0, 0.05) is 12.6 Å². The summed E-state index contributed by atoms with van der Waals surface area (Å²) >= 11 is 5.87. The van der Waals surface area contributed by atoms with Gasteiger partial charge in [-0.2, -0.15) is 0 Å². The molecular formula is C13H15ClN2O4. The number of benzene rings is 1. The first-order chi connectivity index (χ1) is 9.35. The van der Waals surface area contributed by atoms with Crippen molar-refractivity contribution < 1.29 is 19.1 Å². The summed E-state index contributed by atoms with van der Waals surface area (Å²) in [6.07, 6.45) is 0. The minimum absolute atomic E-state index is 0.152. The summed E-state index contributed by atoms with van der Waals surface area (Å²) < 4.78 is 4.58. The van der Waals surface area contributed by atoms with Crippen molar-refractivity contribution in [1.29, 1.82) is 0 Å². The summed E-state index contributed by atoms with van der Waals surface area (Å²) in [7, 11) is 1.24. The van der Waals surface area contributed by atoms with Crippen molar-refractivity contribution in [3.8, 4) is 0 Å². The van der Waals surface area contributed by atoms with E-state index in [1.807, 2.05) is 0 Å². The largest absolute Gasteiger partial charge is 0.465 e. The molecule has 108 valence electrons. The fourth-order valence-electron chi connectivity index (χ4n) is 1.49. The number of ether oxygens (including phenoxy) is 1. The minimum Gasteiger partial charge on any atom is -0.465 e. The number of nitrogens with one attached hydrogen (secondary N) is 2. The average molecular weight is 299 g/mol. The maximum absolute atomic E-state index is 11.8. The van der Waals surface area contributed by atoms with E-state index in [1.165, 1.54) is 26.2 Å². The molecule has 2 N–H and O–H groups in total. The molecule has 0 aromatic heterocycles. The van der Waals surface area contributed by atoms with Crippen molar-refractivity contribution >= 4 is 35.1 Å². The lowest BCUT2D eigenvalue weighted by Gasteiger charge is -2.13. The molecule has 0 saturated heterocycles. The van der Waals surface area contributed by atoms with Gasteiger partial charge in [-0.25, -0.2) is 4.79 Å². The van der Waals surface area contributed by atoms with Crippen LogP contribution in [0, 0.1) is 0 Å². The molecule has 0 bridgehead atoms. The maximum Gasteiger partial charge on any atom is 0.339 e. The molecular weight excluding hydrogens is 284 g/mol. The number of rotatable bonds is 4. The first-order valence-corrected chi connectivity index (χ1v) is 6.18. The minimum atomic E-state index is -0.690. The molecule has 0 aliphatic carbocycles. The van der Waals surface area contributed by atoms with Crippen LogP contribution >= 0.6 is 11.6 Å². The van der Waals surface area contributed by atoms with Gasteiger partial charge in [0.15, 0.2) is 0 Å². The van der Waals surface area contributed by atoms with Crippen LogP contribution in [0.2, 0.25) is 5.02 Å². The zero-order chi connectivity index (χ0) is 15.3. The van der Waals surface area contributed by atoms with E-state index < -0.39 is 17.9 Å². The third-order valence-electron chi connectivity index (χ3n) is 2.45. The van der Waals surface area contributed by atoms with Crippen LogP contribution in [0.4, 0.5) is 5.69 Å². The Morgan fingerprint density at radius 3 is 2.50 bits per heavy atom. The highest BCUT2D eigenvalue weighted by atomic mass is 35.5. The molecule has 1 atom stereocenters. The van der Waals surface area contributed by atoms with Crippen LogP contribution in [0.5, 0.6) is 0 Å². The highest BCUT2D eigenvalue weighted by Crippen LogP contribution is 2.21. The van der Waals surface area contributed by atoms with E-state index in [9.17, 15) is 14.4 Å². The van der Waals surface area contributed by atoms with Gasteiger partial charge in [-0.15, -0.1) is 0 Å². The summed E-state index contributed by atoms with van der Waals surface area (Å²) in [5.74, 6) is -1.31. The van der Waals surface area contributed by atoms with Crippen molar-refractivity contribution in [3.05, 3.63) is 28.8 Å². The van der Waals surface area contributed by atoms with Crippen LogP contribution in [0.15, 0.2) is 18.2 Å². The van der Waals surface area contributed by atoms with Crippen LogP contribution in [0.1, 0.15) is 24.2 Å². The molecule has 2 amide bonds. The lowest BCUT2D eigenvalue weighted by Crippen LogP contribution is -2.40. The SMILES string of the molecule is COC(=O)c1cc(NC(=O)C(C)NC(C)=O)ccc1Cl. The normalized spacial score (nSPS) is 11.4. The number of methoxy groups -OCH3 is 1. The first-order valence-electron chi connectivity index (χ1n) is 5.81. The number of halogens is 1. The van der Waals surface area contributed by atoms with Gasteiger partial charge in [0.25, 0.3) is 0 Å². The van der Waals surface area contributed by atoms with E-state index in [2.05, 4.69) is 15.4 Å². The first kappa shape index (κ1) is 16.0. The number of carbonyl (C=O) groups excluding carboxylic acids is 3. The third-order valence-corrected chi connectivity index (χ3v) is 2.78. The zero-order valence-corrected chi connectivity index (χ0v) is 12.1. The molecule has 0 aliphatic rings. The average Bonchev–Trinajstić information content (AvgIpc) is 2.39. The molecule has 7 heteroatoms. The van der Waals surface area contributed by atoms with Crippen molar-refractivity contribution in [3.63, 3.8) is 0 Å². The fraction of sp³-hybridized carbons (Fsp3) is 0.308. The predicted molar refractivity (Wildman–Crippen MR) is 74.7 cm³/mol. The Morgan fingerprint density at radius 1 is 1.30 bits per heavy atom.